The highest BCUT2D eigenvalue weighted by Gasteiger charge is 1.95. The van der Waals surface area contributed by atoms with Crippen molar-refractivity contribution in [2.75, 3.05) is 0 Å². The van der Waals surface area contributed by atoms with Crippen LogP contribution in [0.2, 0.25) is 0 Å². The topological polar surface area (TPSA) is 87.2 Å². The Balaban J connectivity index is 0.000000211. The molecule has 2 rings (SSSR count). The zero-order chi connectivity index (χ0) is 15.7. The molecular formula is C15H18N2O2S2. The minimum absolute atomic E-state index is 0.175. The minimum Gasteiger partial charge on any atom is -0.379 e. The maximum Gasteiger partial charge on any atom is 0.186 e. The van der Waals surface area contributed by atoms with E-state index in [-0.39, 0.29) is 5.17 Å². The molecule has 0 aliphatic rings. The van der Waals surface area contributed by atoms with E-state index in [1.165, 1.54) is 17.3 Å². The first-order chi connectivity index (χ1) is 9.99. The van der Waals surface area contributed by atoms with E-state index in [2.05, 4.69) is 0 Å². The Hall–Kier alpha value is -1.63. The van der Waals surface area contributed by atoms with Crippen molar-refractivity contribution in [3.05, 3.63) is 65.7 Å². The zero-order valence-corrected chi connectivity index (χ0v) is 13.3. The lowest BCUT2D eigenvalue weighted by Gasteiger charge is -1.97. The van der Waals surface area contributed by atoms with Crippen LogP contribution in [0.4, 0.5) is 0 Å². The molecule has 1 unspecified atom stereocenters. The second-order valence-corrected chi connectivity index (χ2v) is 6.19. The number of thioether (sulfide) groups is 1. The molecule has 0 aromatic heterocycles. The molecule has 6 heteroatoms. The summed E-state index contributed by atoms with van der Waals surface area (Å²) in [6.07, 6.45) is 0. The summed E-state index contributed by atoms with van der Waals surface area (Å²) in [7, 11) is 0. The lowest BCUT2D eigenvalue weighted by atomic mass is 10.2. The van der Waals surface area contributed by atoms with Crippen molar-refractivity contribution in [3.63, 3.8) is 0 Å². The molecule has 0 bridgehead atoms. The highest BCUT2D eigenvalue weighted by Crippen LogP contribution is 2.10. The fraction of sp³-hybridized carbons (Fsp3) is 0.133. The van der Waals surface area contributed by atoms with Crippen LogP contribution in [0, 0.1) is 12.3 Å². The first-order valence-corrected chi connectivity index (χ1v) is 8.26. The fourth-order valence-corrected chi connectivity index (χ4v) is 2.27. The van der Waals surface area contributed by atoms with Gasteiger partial charge in [0.2, 0.25) is 0 Å². The summed E-state index contributed by atoms with van der Waals surface area (Å²) in [6.45, 7) is 1.93. The summed E-state index contributed by atoms with van der Waals surface area (Å²) in [6, 6.07) is 16.9. The average molecular weight is 322 g/mol. The normalized spacial score (nSPS) is 11.1. The largest absolute Gasteiger partial charge is 0.379 e. The third-order valence-electron chi connectivity index (χ3n) is 2.46. The fourth-order valence-electron chi connectivity index (χ4n) is 1.39. The third-order valence-corrected chi connectivity index (χ3v) is 3.92. The van der Waals surface area contributed by atoms with E-state index in [4.69, 9.17) is 15.7 Å². The molecule has 112 valence electrons. The van der Waals surface area contributed by atoms with Crippen LogP contribution in [-0.4, -0.2) is 13.9 Å². The molecule has 4 N–H and O–H groups in total. The first kappa shape index (κ1) is 17.4. The SMILES string of the molecule is Cc1ccc(S(=O)O)cc1.N=C(N)SCc1ccccc1. The van der Waals surface area contributed by atoms with Gasteiger partial charge in [-0.3, -0.25) is 5.41 Å². The molecule has 4 nitrogen and oxygen atoms in total. The smallest absolute Gasteiger partial charge is 0.186 e. The van der Waals surface area contributed by atoms with Crippen LogP contribution in [0.25, 0.3) is 0 Å². The molecule has 0 fully saturated rings. The van der Waals surface area contributed by atoms with E-state index in [9.17, 15) is 4.21 Å². The maximum atomic E-state index is 10.4. The van der Waals surface area contributed by atoms with Gasteiger partial charge in [-0.25, -0.2) is 4.21 Å². The third kappa shape index (κ3) is 7.65. The second kappa shape index (κ2) is 9.33. The predicted octanol–water partition coefficient (Wildman–Crippen LogP) is 3.39. The number of benzene rings is 2. The molecule has 0 spiro atoms. The summed E-state index contributed by atoms with van der Waals surface area (Å²) in [5.41, 5.74) is 7.48. The standard InChI is InChI=1S/C8H10N2S.C7H8O2S/c9-8(10)11-6-7-4-2-1-3-5-7;1-6-2-4-7(5-3-6)10(8)9/h1-5H,6H2,(H3,9,10);2-5H,1H3,(H,8,9). The van der Waals surface area contributed by atoms with Gasteiger partial charge in [-0.05, 0) is 24.6 Å². The average Bonchev–Trinajstić information content (AvgIpc) is 2.47. The number of hydrogen-bond donors (Lipinski definition) is 3. The van der Waals surface area contributed by atoms with Crippen LogP contribution in [0.3, 0.4) is 0 Å². The Morgan fingerprint density at radius 1 is 1.19 bits per heavy atom. The molecule has 21 heavy (non-hydrogen) atoms. The molecule has 2 aromatic carbocycles. The lowest BCUT2D eigenvalue weighted by Crippen LogP contribution is -2.03. The molecular weight excluding hydrogens is 304 g/mol. The van der Waals surface area contributed by atoms with Gasteiger partial charge in [0.05, 0.1) is 4.90 Å². The first-order valence-electron chi connectivity index (χ1n) is 6.17. The van der Waals surface area contributed by atoms with Crippen molar-refractivity contribution in [1.29, 1.82) is 5.41 Å². The van der Waals surface area contributed by atoms with Gasteiger partial charge in [-0.15, -0.1) is 0 Å². The highest BCUT2D eigenvalue weighted by atomic mass is 32.2. The van der Waals surface area contributed by atoms with Crippen molar-refractivity contribution >= 4 is 28.0 Å². The Bertz CT molecular complexity index is 586. The quantitative estimate of drug-likeness (QED) is 0.459. The summed E-state index contributed by atoms with van der Waals surface area (Å²) >= 11 is -0.492. The molecule has 0 amide bonds. The molecule has 1 atom stereocenters. The molecule has 0 heterocycles. The van der Waals surface area contributed by atoms with Crippen LogP contribution in [0.1, 0.15) is 11.1 Å². The van der Waals surface area contributed by atoms with Crippen LogP contribution in [0.15, 0.2) is 59.5 Å². The molecule has 0 saturated carbocycles. The van der Waals surface area contributed by atoms with Gasteiger partial charge in [0.25, 0.3) is 0 Å². The van der Waals surface area contributed by atoms with Crippen LogP contribution in [0.5, 0.6) is 0 Å². The molecule has 0 aliphatic heterocycles. The van der Waals surface area contributed by atoms with Gasteiger partial charge in [-0.2, -0.15) is 0 Å². The highest BCUT2D eigenvalue weighted by molar-refractivity contribution is 8.13. The summed E-state index contributed by atoms with van der Waals surface area (Å²) in [5.74, 6) is 0.788. The van der Waals surface area contributed by atoms with E-state index in [1.807, 2.05) is 49.4 Å². The van der Waals surface area contributed by atoms with Crippen LogP contribution in [-0.2, 0) is 16.8 Å². The monoisotopic (exact) mass is 322 g/mol. The van der Waals surface area contributed by atoms with E-state index in [1.54, 1.807) is 12.1 Å². The van der Waals surface area contributed by atoms with Crippen LogP contribution < -0.4 is 5.73 Å². The Kier molecular flexibility index (Phi) is 7.74. The summed E-state index contributed by atoms with van der Waals surface area (Å²) in [4.78, 5) is 0.450. The van der Waals surface area contributed by atoms with Crippen molar-refractivity contribution in [2.45, 2.75) is 17.6 Å². The van der Waals surface area contributed by atoms with Gasteiger partial charge in [0.1, 0.15) is 0 Å². The number of hydrogen-bond acceptors (Lipinski definition) is 3. The zero-order valence-electron chi connectivity index (χ0n) is 11.7. The van der Waals surface area contributed by atoms with Crippen molar-refractivity contribution in [1.82, 2.24) is 0 Å². The molecule has 0 saturated heterocycles. The van der Waals surface area contributed by atoms with Gasteiger partial charge in [0.15, 0.2) is 16.2 Å². The Labute approximate surface area is 131 Å². The van der Waals surface area contributed by atoms with E-state index < -0.39 is 11.1 Å². The number of aryl methyl sites for hydroxylation is 1. The Morgan fingerprint density at radius 3 is 2.24 bits per heavy atom. The predicted molar refractivity (Wildman–Crippen MR) is 89.9 cm³/mol. The number of amidine groups is 1. The van der Waals surface area contributed by atoms with Crippen LogP contribution >= 0.6 is 11.8 Å². The molecule has 2 aromatic rings. The number of nitrogens with one attached hydrogen (secondary N) is 1. The van der Waals surface area contributed by atoms with E-state index in [0.29, 0.717) is 4.90 Å². The van der Waals surface area contributed by atoms with Gasteiger partial charge in [-0.1, -0.05) is 59.8 Å². The number of rotatable bonds is 3. The maximum absolute atomic E-state index is 10.4. The second-order valence-electron chi connectivity index (χ2n) is 4.20. The Morgan fingerprint density at radius 2 is 1.76 bits per heavy atom. The van der Waals surface area contributed by atoms with Crippen molar-refractivity contribution in [2.24, 2.45) is 5.73 Å². The van der Waals surface area contributed by atoms with Crippen molar-refractivity contribution in [3.8, 4) is 0 Å². The van der Waals surface area contributed by atoms with Crippen molar-refractivity contribution < 1.29 is 8.76 Å². The lowest BCUT2D eigenvalue weighted by molar-refractivity contribution is 0.564. The van der Waals surface area contributed by atoms with Gasteiger partial charge < -0.3 is 10.3 Å². The number of nitrogens with two attached hydrogens (primary N) is 1. The van der Waals surface area contributed by atoms with Gasteiger partial charge >= 0.3 is 0 Å². The van der Waals surface area contributed by atoms with E-state index in [0.717, 1.165) is 11.3 Å². The summed E-state index contributed by atoms with van der Waals surface area (Å²) < 4.78 is 19.0. The van der Waals surface area contributed by atoms with Gasteiger partial charge in [0, 0.05) is 5.75 Å². The minimum atomic E-state index is -1.84. The molecule has 0 radical (unpaired) electrons. The summed E-state index contributed by atoms with van der Waals surface area (Å²) in [5, 5.41) is 7.16. The van der Waals surface area contributed by atoms with E-state index >= 15 is 0 Å². The molecule has 0 aliphatic carbocycles.